The zero-order valence-corrected chi connectivity index (χ0v) is 19.2. The number of carbonyl (C=O) groups excluding carboxylic acids is 3. The molecule has 3 aliphatic rings. The molecule has 10 heteroatoms. The minimum absolute atomic E-state index is 0.210. The fourth-order valence-corrected chi connectivity index (χ4v) is 4.94. The SMILES string of the molecule is O=C1CCC(N2Cc3cccc(CNc4ccc(N5CCNCC(F)(F)C5)cc4)c3C2=O)C(=O)N1. The number of imide groups is 1. The third-order valence-electron chi connectivity index (χ3n) is 6.72. The van der Waals surface area contributed by atoms with Crippen LogP contribution in [0.15, 0.2) is 42.5 Å². The van der Waals surface area contributed by atoms with Crippen LogP contribution in [0.25, 0.3) is 0 Å². The van der Waals surface area contributed by atoms with E-state index in [1.165, 1.54) is 4.90 Å². The first-order chi connectivity index (χ1) is 16.8. The third kappa shape index (κ3) is 4.84. The zero-order valence-electron chi connectivity index (χ0n) is 19.2. The number of piperidine rings is 1. The second-order valence-electron chi connectivity index (χ2n) is 9.21. The molecule has 8 nitrogen and oxygen atoms in total. The lowest BCUT2D eigenvalue weighted by Crippen LogP contribution is -2.52. The molecule has 0 aromatic heterocycles. The average molecular weight is 484 g/mol. The van der Waals surface area contributed by atoms with Crippen LogP contribution in [-0.4, -0.2) is 60.8 Å². The highest BCUT2D eigenvalue weighted by Gasteiger charge is 2.40. The Bertz CT molecular complexity index is 1150. The number of rotatable bonds is 5. The lowest BCUT2D eigenvalue weighted by atomic mass is 10.0. The Labute approximate surface area is 201 Å². The maximum absolute atomic E-state index is 13.9. The number of hydrogen-bond acceptors (Lipinski definition) is 6. The molecule has 3 aliphatic heterocycles. The van der Waals surface area contributed by atoms with Crippen LogP contribution in [0.4, 0.5) is 20.2 Å². The third-order valence-corrected chi connectivity index (χ3v) is 6.72. The standard InChI is InChI=1S/C25H27F2N5O3/c26-25(27)14-28-10-11-31(15-25)19-6-4-18(5-7-19)29-12-16-2-1-3-17-13-32(24(35)22(16)17)20-8-9-21(33)30-23(20)34/h1-7,20,28-29H,8-15H2,(H,30,33,34). The van der Waals surface area contributed by atoms with E-state index in [0.29, 0.717) is 38.2 Å². The number of alkyl halides is 2. The normalized spacial score (nSPS) is 22.0. The number of carbonyl (C=O) groups is 3. The predicted octanol–water partition coefficient (Wildman–Crippen LogP) is 2.10. The van der Waals surface area contributed by atoms with Crippen LogP contribution < -0.4 is 20.9 Å². The number of anilines is 2. The lowest BCUT2D eigenvalue weighted by Gasteiger charge is -2.29. The molecule has 2 aromatic carbocycles. The molecule has 1 unspecified atom stereocenters. The van der Waals surface area contributed by atoms with Gasteiger partial charge in [-0.25, -0.2) is 8.78 Å². The number of nitrogens with zero attached hydrogens (tertiary/aromatic N) is 2. The Hall–Kier alpha value is -3.53. The molecular formula is C25H27F2N5O3. The van der Waals surface area contributed by atoms with Gasteiger partial charge in [0.15, 0.2) is 0 Å². The summed E-state index contributed by atoms with van der Waals surface area (Å²) in [5, 5.41) is 8.39. The first-order valence-electron chi connectivity index (χ1n) is 11.7. The molecular weight excluding hydrogens is 456 g/mol. The molecule has 2 fully saturated rings. The molecule has 184 valence electrons. The Morgan fingerprint density at radius 2 is 1.89 bits per heavy atom. The lowest BCUT2D eigenvalue weighted by molar-refractivity contribution is -0.136. The summed E-state index contributed by atoms with van der Waals surface area (Å²) in [6.07, 6.45) is 0.538. The van der Waals surface area contributed by atoms with E-state index in [0.717, 1.165) is 22.5 Å². The van der Waals surface area contributed by atoms with Gasteiger partial charge in [-0.1, -0.05) is 18.2 Å². The largest absolute Gasteiger partial charge is 0.381 e. The predicted molar refractivity (Wildman–Crippen MR) is 126 cm³/mol. The maximum Gasteiger partial charge on any atom is 0.277 e. The van der Waals surface area contributed by atoms with Gasteiger partial charge in [-0.15, -0.1) is 0 Å². The molecule has 0 bridgehead atoms. The van der Waals surface area contributed by atoms with Crippen molar-refractivity contribution in [2.24, 2.45) is 0 Å². The van der Waals surface area contributed by atoms with Crippen molar-refractivity contribution in [3.63, 3.8) is 0 Å². The van der Waals surface area contributed by atoms with E-state index in [4.69, 9.17) is 0 Å². The molecule has 3 heterocycles. The molecule has 3 N–H and O–H groups in total. The number of hydrogen-bond donors (Lipinski definition) is 3. The quantitative estimate of drug-likeness (QED) is 0.564. The molecule has 0 spiro atoms. The van der Waals surface area contributed by atoms with E-state index in [1.807, 2.05) is 42.5 Å². The number of nitrogens with one attached hydrogen (secondary N) is 3. The van der Waals surface area contributed by atoms with Gasteiger partial charge in [0.25, 0.3) is 11.8 Å². The minimum atomic E-state index is -2.78. The first-order valence-corrected chi connectivity index (χ1v) is 11.7. The van der Waals surface area contributed by atoms with Gasteiger partial charge < -0.3 is 20.4 Å². The molecule has 5 rings (SSSR count). The highest BCUT2D eigenvalue weighted by Crippen LogP contribution is 2.30. The van der Waals surface area contributed by atoms with E-state index in [9.17, 15) is 23.2 Å². The van der Waals surface area contributed by atoms with Crippen LogP contribution >= 0.6 is 0 Å². The first kappa shape index (κ1) is 23.2. The molecule has 35 heavy (non-hydrogen) atoms. The highest BCUT2D eigenvalue weighted by molar-refractivity contribution is 6.06. The van der Waals surface area contributed by atoms with Crippen LogP contribution in [0.3, 0.4) is 0 Å². The summed E-state index contributed by atoms with van der Waals surface area (Å²) in [6, 6.07) is 12.3. The summed E-state index contributed by atoms with van der Waals surface area (Å²) in [7, 11) is 0. The van der Waals surface area contributed by atoms with Gasteiger partial charge in [0, 0.05) is 49.5 Å². The van der Waals surface area contributed by atoms with Crippen molar-refractivity contribution in [2.45, 2.75) is 37.9 Å². The Balaban J connectivity index is 1.26. The van der Waals surface area contributed by atoms with Gasteiger partial charge in [0.1, 0.15) is 6.04 Å². The van der Waals surface area contributed by atoms with Crippen LogP contribution in [-0.2, 0) is 22.7 Å². The zero-order chi connectivity index (χ0) is 24.6. The maximum atomic E-state index is 13.9. The summed E-state index contributed by atoms with van der Waals surface area (Å²) in [4.78, 5) is 40.2. The smallest absolute Gasteiger partial charge is 0.277 e. The highest BCUT2D eigenvalue weighted by atomic mass is 19.3. The second kappa shape index (κ2) is 9.26. The van der Waals surface area contributed by atoms with Crippen LogP contribution in [0.5, 0.6) is 0 Å². The van der Waals surface area contributed by atoms with Crippen molar-refractivity contribution in [1.82, 2.24) is 15.5 Å². The summed E-state index contributed by atoms with van der Waals surface area (Å²) < 4.78 is 27.9. The summed E-state index contributed by atoms with van der Waals surface area (Å²) in [5.41, 5.74) is 3.78. The second-order valence-corrected chi connectivity index (χ2v) is 9.21. The van der Waals surface area contributed by atoms with E-state index < -0.39 is 17.9 Å². The van der Waals surface area contributed by atoms with Gasteiger partial charge >= 0.3 is 0 Å². The Kier molecular flexibility index (Phi) is 6.14. The van der Waals surface area contributed by atoms with Crippen molar-refractivity contribution in [3.05, 3.63) is 59.2 Å². The molecule has 2 saturated heterocycles. The van der Waals surface area contributed by atoms with Crippen molar-refractivity contribution in [3.8, 4) is 0 Å². The van der Waals surface area contributed by atoms with Gasteiger partial charge in [-0.05, 0) is 41.8 Å². The number of amides is 3. The molecule has 0 radical (unpaired) electrons. The number of halogens is 2. The molecule has 2 aromatic rings. The van der Waals surface area contributed by atoms with Crippen LogP contribution in [0.2, 0.25) is 0 Å². The number of benzene rings is 2. The van der Waals surface area contributed by atoms with Gasteiger partial charge in [0.05, 0.1) is 13.1 Å². The van der Waals surface area contributed by atoms with Gasteiger partial charge in [-0.2, -0.15) is 0 Å². The number of fused-ring (bicyclic) bond motifs is 1. The molecule has 0 saturated carbocycles. The fraction of sp³-hybridized carbons (Fsp3) is 0.400. The van der Waals surface area contributed by atoms with Crippen LogP contribution in [0, 0.1) is 0 Å². The molecule has 1 atom stereocenters. The van der Waals surface area contributed by atoms with E-state index in [-0.39, 0.29) is 31.3 Å². The van der Waals surface area contributed by atoms with Crippen molar-refractivity contribution >= 4 is 29.1 Å². The Morgan fingerprint density at radius 1 is 1.09 bits per heavy atom. The molecule has 0 aliphatic carbocycles. The van der Waals surface area contributed by atoms with Crippen molar-refractivity contribution in [1.29, 1.82) is 0 Å². The summed E-state index contributed by atoms with van der Waals surface area (Å²) in [5.74, 6) is -3.74. The van der Waals surface area contributed by atoms with Crippen molar-refractivity contribution in [2.75, 3.05) is 36.4 Å². The molecule has 3 amide bonds. The van der Waals surface area contributed by atoms with E-state index >= 15 is 0 Å². The van der Waals surface area contributed by atoms with Crippen LogP contribution in [0.1, 0.15) is 34.3 Å². The monoisotopic (exact) mass is 483 g/mol. The topological polar surface area (TPSA) is 93.8 Å². The van der Waals surface area contributed by atoms with Gasteiger partial charge in [0.2, 0.25) is 11.8 Å². The fourth-order valence-electron chi connectivity index (χ4n) is 4.94. The van der Waals surface area contributed by atoms with Crippen molar-refractivity contribution < 1.29 is 23.2 Å². The summed E-state index contributed by atoms with van der Waals surface area (Å²) >= 11 is 0. The minimum Gasteiger partial charge on any atom is -0.381 e. The van der Waals surface area contributed by atoms with E-state index in [2.05, 4.69) is 16.0 Å². The average Bonchev–Trinajstić information content (AvgIpc) is 3.05. The summed E-state index contributed by atoms with van der Waals surface area (Å²) in [6.45, 7) is 1.09. The Morgan fingerprint density at radius 3 is 2.66 bits per heavy atom. The van der Waals surface area contributed by atoms with E-state index in [1.54, 1.807) is 4.90 Å². The van der Waals surface area contributed by atoms with Gasteiger partial charge in [-0.3, -0.25) is 19.7 Å².